The van der Waals surface area contributed by atoms with Gasteiger partial charge >= 0.3 is 0 Å². The Balaban J connectivity index is 1.46. The van der Waals surface area contributed by atoms with E-state index in [1.165, 1.54) is 28.6 Å². The van der Waals surface area contributed by atoms with Gasteiger partial charge < -0.3 is 4.52 Å². The van der Waals surface area contributed by atoms with Crippen molar-refractivity contribution < 1.29 is 17.7 Å². The molecule has 3 aromatic rings. The minimum atomic E-state index is -3.50. The molecule has 150 valence electrons. The number of hydrogen-bond donors (Lipinski definition) is 1. The minimum Gasteiger partial charge on any atom is -0.338 e. The molecule has 0 spiro atoms. The van der Waals surface area contributed by atoms with Crippen LogP contribution in [0, 0.1) is 6.92 Å². The van der Waals surface area contributed by atoms with Gasteiger partial charge in [0.25, 0.3) is 5.91 Å². The highest BCUT2D eigenvalue weighted by atomic mass is 32.2. The van der Waals surface area contributed by atoms with Crippen LogP contribution in [0.5, 0.6) is 0 Å². The van der Waals surface area contributed by atoms with Crippen LogP contribution in [0.2, 0.25) is 0 Å². The number of aryl methyl sites for hydroxylation is 1. The van der Waals surface area contributed by atoms with Gasteiger partial charge in [0.2, 0.25) is 15.9 Å². The van der Waals surface area contributed by atoms with E-state index in [1.807, 2.05) is 31.2 Å². The summed E-state index contributed by atoms with van der Waals surface area (Å²) < 4.78 is 31.8. The lowest BCUT2D eigenvalue weighted by atomic mass is 10.1. The number of nitrogens with zero attached hydrogens (tertiary/aromatic N) is 2. The van der Waals surface area contributed by atoms with Crippen LogP contribution < -0.4 is 5.32 Å². The van der Waals surface area contributed by atoms with Crippen LogP contribution in [0.15, 0.2) is 64.0 Å². The highest BCUT2D eigenvalue weighted by Crippen LogP contribution is 2.24. The zero-order valence-electron chi connectivity index (χ0n) is 16.0. The first-order chi connectivity index (χ1) is 13.9. The Morgan fingerprint density at radius 1 is 1.03 bits per heavy atom. The minimum absolute atomic E-state index is 0.192. The molecule has 1 fully saturated rings. The van der Waals surface area contributed by atoms with Gasteiger partial charge in [0.15, 0.2) is 0 Å². The third-order valence-corrected chi connectivity index (χ3v) is 6.83. The summed E-state index contributed by atoms with van der Waals surface area (Å²) in [5.74, 6) is -0.180. The Bertz CT molecular complexity index is 1110. The van der Waals surface area contributed by atoms with Gasteiger partial charge in [-0.1, -0.05) is 35.0 Å². The van der Waals surface area contributed by atoms with E-state index >= 15 is 0 Å². The van der Waals surface area contributed by atoms with E-state index in [9.17, 15) is 13.2 Å². The highest BCUT2D eigenvalue weighted by Gasteiger charge is 2.27. The van der Waals surface area contributed by atoms with Crippen LogP contribution in [0.25, 0.3) is 11.3 Å². The van der Waals surface area contributed by atoms with Gasteiger partial charge in [-0.3, -0.25) is 10.1 Å². The van der Waals surface area contributed by atoms with Crippen molar-refractivity contribution in [2.24, 2.45) is 0 Å². The number of carbonyl (C=O) groups is 1. The molecule has 0 radical (unpaired) electrons. The van der Waals surface area contributed by atoms with Gasteiger partial charge in [0.05, 0.1) is 4.90 Å². The van der Waals surface area contributed by atoms with Crippen molar-refractivity contribution in [3.05, 3.63) is 65.7 Å². The third-order valence-electron chi connectivity index (χ3n) is 4.91. The second kappa shape index (κ2) is 7.81. The number of carbonyl (C=O) groups excluding carboxylic acids is 1. The first-order valence-corrected chi connectivity index (χ1v) is 10.8. The van der Waals surface area contributed by atoms with Crippen LogP contribution in [-0.4, -0.2) is 36.9 Å². The van der Waals surface area contributed by atoms with E-state index < -0.39 is 15.9 Å². The highest BCUT2D eigenvalue weighted by molar-refractivity contribution is 7.89. The van der Waals surface area contributed by atoms with Crippen LogP contribution in [-0.2, 0) is 10.0 Å². The molecule has 2 aromatic carbocycles. The monoisotopic (exact) mass is 411 g/mol. The van der Waals surface area contributed by atoms with Crippen molar-refractivity contribution in [1.29, 1.82) is 0 Å². The lowest BCUT2D eigenvalue weighted by Gasteiger charge is -2.15. The fourth-order valence-corrected chi connectivity index (χ4v) is 4.75. The van der Waals surface area contributed by atoms with E-state index in [2.05, 4.69) is 10.5 Å². The zero-order chi connectivity index (χ0) is 20.4. The zero-order valence-corrected chi connectivity index (χ0v) is 16.8. The topological polar surface area (TPSA) is 92.5 Å². The molecule has 0 atom stereocenters. The van der Waals surface area contributed by atoms with Crippen molar-refractivity contribution in [3.63, 3.8) is 0 Å². The van der Waals surface area contributed by atoms with Gasteiger partial charge in [-0.05, 0) is 44.0 Å². The SMILES string of the molecule is Cc1ccc(-c2cc(NC(=O)c3ccc(S(=O)(=O)N4CCCC4)cc3)on2)cc1. The Labute approximate surface area is 169 Å². The summed E-state index contributed by atoms with van der Waals surface area (Å²) in [6, 6.07) is 15.4. The van der Waals surface area contributed by atoms with E-state index in [4.69, 9.17) is 4.52 Å². The van der Waals surface area contributed by atoms with Gasteiger partial charge in [0.1, 0.15) is 5.69 Å². The van der Waals surface area contributed by atoms with E-state index in [0.717, 1.165) is 24.0 Å². The smallest absolute Gasteiger partial charge is 0.258 e. The Morgan fingerprint density at radius 2 is 1.69 bits per heavy atom. The lowest BCUT2D eigenvalue weighted by Crippen LogP contribution is -2.27. The summed E-state index contributed by atoms with van der Waals surface area (Å²) in [5, 5.41) is 6.62. The predicted molar refractivity (Wildman–Crippen MR) is 109 cm³/mol. The molecule has 2 heterocycles. The molecule has 0 aliphatic carbocycles. The molecule has 4 rings (SSSR count). The number of hydrogen-bond acceptors (Lipinski definition) is 5. The molecule has 1 N–H and O–H groups in total. The Morgan fingerprint density at radius 3 is 2.34 bits per heavy atom. The predicted octanol–water partition coefficient (Wildman–Crippen LogP) is 3.69. The van der Waals surface area contributed by atoms with Crippen LogP contribution >= 0.6 is 0 Å². The molecule has 1 aliphatic heterocycles. The molecule has 1 amide bonds. The molecule has 1 aliphatic rings. The molecule has 7 nitrogen and oxygen atoms in total. The number of anilines is 1. The van der Waals surface area contributed by atoms with Gasteiger partial charge in [-0.15, -0.1) is 0 Å². The van der Waals surface area contributed by atoms with Crippen molar-refractivity contribution in [2.75, 3.05) is 18.4 Å². The third kappa shape index (κ3) is 4.08. The molecular formula is C21H21N3O4S. The fourth-order valence-electron chi connectivity index (χ4n) is 3.23. The average Bonchev–Trinajstić information content (AvgIpc) is 3.41. The van der Waals surface area contributed by atoms with Crippen molar-refractivity contribution >= 4 is 21.8 Å². The summed E-state index contributed by atoms with van der Waals surface area (Å²) in [4.78, 5) is 12.7. The van der Waals surface area contributed by atoms with E-state index in [0.29, 0.717) is 24.3 Å². The first kappa shape index (κ1) is 19.4. The van der Waals surface area contributed by atoms with Crippen molar-refractivity contribution in [2.45, 2.75) is 24.7 Å². The molecule has 0 bridgehead atoms. The maximum atomic E-state index is 12.6. The van der Waals surface area contributed by atoms with Gasteiger partial charge in [-0.2, -0.15) is 4.31 Å². The molecule has 1 aromatic heterocycles. The summed E-state index contributed by atoms with van der Waals surface area (Å²) in [6.45, 7) is 3.08. The fraction of sp³-hybridized carbons (Fsp3) is 0.238. The lowest BCUT2D eigenvalue weighted by molar-refractivity contribution is 0.102. The molecule has 0 unspecified atom stereocenters. The van der Waals surface area contributed by atoms with Crippen molar-refractivity contribution in [1.82, 2.24) is 9.46 Å². The Hall–Kier alpha value is -2.97. The number of rotatable bonds is 5. The van der Waals surface area contributed by atoms with Gasteiger partial charge in [-0.25, -0.2) is 8.42 Å². The number of aromatic nitrogens is 1. The quantitative estimate of drug-likeness (QED) is 0.691. The van der Waals surface area contributed by atoms with E-state index in [-0.39, 0.29) is 10.8 Å². The average molecular weight is 411 g/mol. The maximum Gasteiger partial charge on any atom is 0.258 e. The van der Waals surface area contributed by atoms with Crippen molar-refractivity contribution in [3.8, 4) is 11.3 Å². The maximum absolute atomic E-state index is 12.6. The first-order valence-electron chi connectivity index (χ1n) is 9.39. The molecular weight excluding hydrogens is 390 g/mol. The van der Waals surface area contributed by atoms with Crippen LogP contribution in [0.3, 0.4) is 0 Å². The summed E-state index contributed by atoms with van der Waals surface area (Å²) in [5.41, 5.74) is 2.98. The summed E-state index contributed by atoms with van der Waals surface area (Å²) in [6.07, 6.45) is 1.75. The largest absolute Gasteiger partial charge is 0.338 e. The second-order valence-electron chi connectivity index (χ2n) is 7.03. The number of sulfonamides is 1. The van der Waals surface area contributed by atoms with Crippen LogP contribution in [0.1, 0.15) is 28.8 Å². The summed E-state index contributed by atoms with van der Waals surface area (Å²) in [7, 11) is -3.50. The van der Waals surface area contributed by atoms with Crippen LogP contribution in [0.4, 0.5) is 5.88 Å². The molecule has 0 saturated carbocycles. The second-order valence-corrected chi connectivity index (χ2v) is 8.97. The normalized spacial score (nSPS) is 14.8. The molecule has 8 heteroatoms. The molecule has 29 heavy (non-hydrogen) atoms. The number of amides is 1. The van der Waals surface area contributed by atoms with Gasteiger partial charge in [0, 0.05) is 30.3 Å². The van der Waals surface area contributed by atoms with E-state index in [1.54, 1.807) is 6.07 Å². The number of nitrogens with one attached hydrogen (secondary N) is 1. The number of benzene rings is 2. The standard InChI is InChI=1S/C21H21N3O4S/c1-15-4-6-16(7-5-15)19-14-20(28-23-19)22-21(25)17-8-10-18(11-9-17)29(26,27)24-12-2-3-13-24/h4-11,14H,2-3,12-13H2,1H3,(H,22,25). The Kier molecular flexibility index (Phi) is 5.21. The summed E-state index contributed by atoms with van der Waals surface area (Å²) >= 11 is 0. The molecule has 1 saturated heterocycles.